The van der Waals surface area contributed by atoms with Crippen molar-refractivity contribution >= 4 is 27.5 Å². The van der Waals surface area contributed by atoms with Crippen molar-refractivity contribution in [3.8, 4) is 0 Å². The van der Waals surface area contributed by atoms with Crippen LogP contribution in [-0.4, -0.2) is 41.5 Å². The van der Waals surface area contributed by atoms with E-state index in [0.29, 0.717) is 0 Å². The molecule has 0 fully saturated rings. The molecule has 1 aromatic heterocycles. The van der Waals surface area contributed by atoms with Gasteiger partial charge in [0.25, 0.3) is 5.91 Å². The van der Waals surface area contributed by atoms with Gasteiger partial charge in [0.05, 0.1) is 27.7 Å². The molecular formula is C19H25ClN4O3S. The highest BCUT2D eigenvalue weighted by Gasteiger charge is 2.28. The molecule has 1 amide bonds. The zero-order valence-electron chi connectivity index (χ0n) is 16.4. The third-order valence-electron chi connectivity index (χ3n) is 5.27. The highest BCUT2D eigenvalue weighted by atomic mass is 35.5. The maximum absolute atomic E-state index is 12.9. The molecule has 0 saturated heterocycles. The minimum Gasteiger partial charge on any atom is -0.345 e. The summed E-state index contributed by atoms with van der Waals surface area (Å²) in [5.74, 6) is -0.393. The Balaban J connectivity index is 1.89. The molecule has 1 aliphatic rings. The molecule has 0 saturated carbocycles. The van der Waals surface area contributed by atoms with Gasteiger partial charge in [0.2, 0.25) is 10.0 Å². The molecule has 1 atom stereocenters. The smallest absolute Gasteiger partial charge is 0.253 e. The highest BCUT2D eigenvalue weighted by Crippen LogP contribution is 2.30. The van der Waals surface area contributed by atoms with Crippen LogP contribution in [-0.2, 0) is 23.5 Å². The zero-order valence-corrected chi connectivity index (χ0v) is 18.0. The predicted molar refractivity (Wildman–Crippen MR) is 108 cm³/mol. The SMILES string of the molecule is CC(C)N(C)S(=O)(=O)c1ccc(Cl)c(C(=O)NC2CCCc3c2cnn3C)c1. The number of hydrogen-bond donors (Lipinski definition) is 1. The van der Waals surface area contributed by atoms with Crippen molar-refractivity contribution < 1.29 is 13.2 Å². The number of carbonyl (C=O) groups excluding carboxylic acids is 1. The summed E-state index contributed by atoms with van der Waals surface area (Å²) in [6, 6.07) is 3.85. The monoisotopic (exact) mass is 424 g/mol. The standard InChI is InChI=1S/C19H25ClN4O3S/c1-12(2)24(4)28(26,27)13-8-9-16(20)14(10-13)19(25)22-17-6-5-7-18-15(17)11-21-23(18)3/h8-12,17H,5-7H2,1-4H3,(H,22,25). The van der Waals surface area contributed by atoms with Crippen LogP contribution in [0.2, 0.25) is 5.02 Å². The Bertz CT molecular complexity index is 1000. The fourth-order valence-corrected chi connectivity index (χ4v) is 4.97. The number of nitrogens with one attached hydrogen (secondary N) is 1. The summed E-state index contributed by atoms with van der Waals surface area (Å²) in [6.07, 6.45) is 4.45. The molecule has 7 nitrogen and oxygen atoms in total. The van der Waals surface area contributed by atoms with E-state index in [1.165, 1.54) is 29.6 Å². The van der Waals surface area contributed by atoms with Crippen molar-refractivity contribution in [2.45, 2.75) is 50.1 Å². The zero-order chi connectivity index (χ0) is 20.6. The Morgan fingerprint density at radius 3 is 2.79 bits per heavy atom. The Morgan fingerprint density at radius 2 is 2.11 bits per heavy atom. The summed E-state index contributed by atoms with van der Waals surface area (Å²) in [4.78, 5) is 12.9. The van der Waals surface area contributed by atoms with Gasteiger partial charge >= 0.3 is 0 Å². The molecule has 9 heteroatoms. The molecule has 0 radical (unpaired) electrons. The summed E-state index contributed by atoms with van der Waals surface area (Å²) in [7, 11) is -0.306. The van der Waals surface area contributed by atoms with Crippen LogP contribution in [0.3, 0.4) is 0 Å². The van der Waals surface area contributed by atoms with Crippen LogP contribution in [0, 0.1) is 0 Å². The molecule has 0 bridgehead atoms. The summed E-state index contributed by atoms with van der Waals surface area (Å²) >= 11 is 6.22. The number of halogens is 1. The average molecular weight is 425 g/mol. The van der Waals surface area contributed by atoms with E-state index in [1.807, 2.05) is 11.7 Å². The van der Waals surface area contributed by atoms with Gasteiger partial charge < -0.3 is 5.32 Å². The van der Waals surface area contributed by atoms with E-state index in [2.05, 4.69) is 10.4 Å². The maximum atomic E-state index is 12.9. The number of hydrogen-bond acceptors (Lipinski definition) is 4. The molecule has 152 valence electrons. The molecule has 1 N–H and O–H groups in total. The number of nitrogens with zero attached hydrogens (tertiary/aromatic N) is 3. The fraction of sp³-hybridized carbons (Fsp3) is 0.474. The average Bonchev–Trinajstić information content (AvgIpc) is 3.03. The van der Waals surface area contributed by atoms with Crippen LogP contribution in [0.25, 0.3) is 0 Å². The number of benzene rings is 1. The molecule has 1 aliphatic carbocycles. The van der Waals surface area contributed by atoms with Crippen molar-refractivity contribution in [1.29, 1.82) is 0 Å². The lowest BCUT2D eigenvalue weighted by molar-refractivity contribution is 0.0932. The Morgan fingerprint density at radius 1 is 1.39 bits per heavy atom. The second-order valence-electron chi connectivity index (χ2n) is 7.35. The Kier molecular flexibility index (Phi) is 5.84. The molecule has 3 rings (SSSR count). The molecule has 0 spiro atoms. The van der Waals surface area contributed by atoms with E-state index in [4.69, 9.17) is 11.6 Å². The highest BCUT2D eigenvalue weighted by molar-refractivity contribution is 7.89. The van der Waals surface area contributed by atoms with Crippen LogP contribution < -0.4 is 5.32 Å². The summed E-state index contributed by atoms with van der Waals surface area (Å²) in [6.45, 7) is 3.57. The van der Waals surface area contributed by atoms with Crippen molar-refractivity contribution in [2.75, 3.05) is 7.05 Å². The normalized spacial score (nSPS) is 17.0. The van der Waals surface area contributed by atoms with Crippen molar-refractivity contribution in [1.82, 2.24) is 19.4 Å². The van der Waals surface area contributed by atoms with Gasteiger partial charge in [0.1, 0.15) is 0 Å². The largest absolute Gasteiger partial charge is 0.345 e. The van der Waals surface area contributed by atoms with Gasteiger partial charge in [-0.25, -0.2) is 8.42 Å². The van der Waals surface area contributed by atoms with Crippen LogP contribution in [0.15, 0.2) is 29.3 Å². The minimum absolute atomic E-state index is 0.0453. The molecule has 1 aromatic carbocycles. The maximum Gasteiger partial charge on any atom is 0.253 e. The number of aryl methyl sites for hydroxylation is 1. The van der Waals surface area contributed by atoms with Crippen LogP contribution in [0.5, 0.6) is 0 Å². The van der Waals surface area contributed by atoms with Crippen molar-refractivity contribution in [3.05, 3.63) is 46.2 Å². The van der Waals surface area contributed by atoms with Crippen LogP contribution in [0.1, 0.15) is 54.3 Å². The van der Waals surface area contributed by atoms with Gasteiger partial charge in [0.15, 0.2) is 0 Å². The number of amides is 1. The van der Waals surface area contributed by atoms with Gasteiger partial charge in [-0.3, -0.25) is 9.48 Å². The first kappa shape index (κ1) is 20.8. The van der Waals surface area contributed by atoms with Gasteiger partial charge in [-0.1, -0.05) is 11.6 Å². The van der Waals surface area contributed by atoms with E-state index in [0.717, 1.165) is 30.5 Å². The molecule has 1 heterocycles. The third-order valence-corrected chi connectivity index (χ3v) is 7.63. The number of aromatic nitrogens is 2. The summed E-state index contributed by atoms with van der Waals surface area (Å²) in [5.41, 5.74) is 2.26. The lowest BCUT2D eigenvalue weighted by Crippen LogP contribution is -2.34. The predicted octanol–water partition coefficient (Wildman–Crippen LogP) is 2.91. The fourth-order valence-electron chi connectivity index (χ4n) is 3.37. The van der Waals surface area contributed by atoms with Gasteiger partial charge in [-0.2, -0.15) is 9.40 Å². The molecule has 1 unspecified atom stereocenters. The van der Waals surface area contributed by atoms with Gasteiger partial charge in [-0.05, 0) is 51.3 Å². The van der Waals surface area contributed by atoms with Gasteiger partial charge in [0, 0.05) is 31.4 Å². The van der Waals surface area contributed by atoms with Crippen molar-refractivity contribution in [2.24, 2.45) is 7.05 Å². The van der Waals surface area contributed by atoms with E-state index in [-0.39, 0.29) is 27.6 Å². The minimum atomic E-state index is -3.71. The van der Waals surface area contributed by atoms with E-state index < -0.39 is 15.9 Å². The number of sulfonamides is 1. The first-order chi connectivity index (χ1) is 13.1. The van der Waals surface area contributed by atoms with Crippen LogP contribution in [0.4, 0.5) is 0 Å². The van der Waals surface area contributed by atoms with Gasteiger partial charge in [-0.15, -0.1) is 0 Å². The summed E-state index contributed by atoms with van der Waals surface area (Å²) < 4.78 is 28.6. The molecule has 0 aliphatic heterocycles. The second kappa shape index (κ2) is 7.85. The van der Waals surface area contributed by atoms with Crippen molar-refractivity contribution in [3.63, 3.8) is 0 Å². The van der Waals surface area contributed by atoms with Crippen LogP contribution >= 0.6 is 11.6 Å². The Labute approximate surface area is 170 Å². The summed E-state index contributed by atoms with van der Waals surface area (Å²) in [5, 5.41) is 7.49. The Hall–Kier alpha value is -1.90. The number of fused-ring (bicyclic) bond motifs is 1. The molecule has 28 heavy (non-hydrogen) atoms. The second-order valence-corrected chi connectivity index (χ2v) is 9.75. The lowest BCUT2D eigenvalue weighted by Gasteiger charge is -2.24. The molecular weight excluding hydrogens is 400 g/mol. The number of carbonyl (C=O) groups is 1. The topological polar surface area (TPSA) is 84.3 Å². The quantitative estimate of drug-likeness (QED) is 0.799. The molecule has 2 aromatic rings. The first-order valence-corrected chi connectivity index (χ1v) is 11.0. The number of rotatable bonds is 5. The lowest BCUT2D eigenvalue weighted by atomic mass is 9.93. The van der Waals surface area contributed by atoms with E-state index in [1.54, 1.807) is 20.0 Å². The third kappa shape index (κ3) is 3.81. The first-order valence-electron chi connectivity index (χ1n) is 9.22. The van der Waals surface area contributed by atoms with E-state index >= 15 is 0 Å². The van der Waals surface area contributed by atoms with E-state index in [9.17, 15) is 13.2 Å².